The number of aromatic nitrogens is 3. The maximum absolute atomic E-state index is 12.4. The van der Waals surface area contributed by atoms with Crippen molar-refractivity contribution in [2.45, 2.75) is 70.5 Å². The zero-order chi connectivity index (χ0) is 25.5. The summed E-state index contributed by atoms with van der Waals surface area (Å²) in [5.41, 5.74) is 1.81. The Morgan fingerprint density at radius 3 is 2.39 bits per heavy atom. The van der Waals surface area contributed by atoms with Crippen molar-refractivity contribution in [2.24, 2.45) is 11.3 Å². The van der Waals surface area contributed by atoms with Crippen molar-refractivity contribution in [3.05, 3.63) is 65.3 Å². The first kappa shape index (κ1) is 25.1. The SMILES string of the molecule is CC(C)c1ccc(C(O)(c2cncc(-c3noc(C(O)C4CCCCC4)n3)c2)C2(C)CN(C)C2)cc1. The Bertz CT molecular complexity index is 1180. The van der Waals surface area contributed by atoms with E-state index >= 15 is 0 Å². The van der Waals surface area contributed by atoms with Gasteiger partial charge in [-0.1, -0.05) is 69.5 Å². The van der Waals surface area contributed by atoms with Crippen LogP contribution in [0.5, 0.6) is 0 Å². The molecule has 2 aliphatic rings. The Hall–Kier alpha value is -2.61. The summed E-state index contributed by atoms with van der Waals surface area (Å²) in [7, 11) is 2.07. The maximum atomic E-state index is 12.4. The normalized spacial score (nSPS) is 21.2. The van der Waals surface area contributed by atoms with Crippen LogP contribution in [0.15, 0.2) is 47.2 Å². The van der Waals surface area contributed by atoms with Crippen LogP contribution < -0.4 is 0 Å². The molecule has 2 N–H and O–H groups in total. The molecule has 36 heavy (non-hydrogen) atoms. The van der Waals surface area contributed by atoms with E-state index in [1.807, 2.05) is 18.2 Å². The van der Waals surface area contributed by atoms with E-state index in [1.54, 1.807) is 12.4 Å². The number of hydrogen-bond acceptors (Lipinski definition) is 7. The molecule has 5 rings (SSSR count). The Kier molecular flexibility index (Phi) is 6.74. The molecule has 2 aromatic heterocycles. The van der Waals surface area contributed by atoms with Crippen molar-refractivity contribution in [1.29, 1.82) is 0 Å². The van der Waals surface area contributed by atoms with Crippen molar-refractivity contribution >= 4 is 0 Å². The number of pyridine rings is 1. The van der Waals surface area contributed by atoms with E-state index < -0.39 is 11.7 Å². The van der Waals surface area contributed by atoms with Crippen molar-refractivity contribution in [3.8, 4) is 11.4 Å². The lowest BCUT2D eigenvalue weighted by molar-refractivity contribution is -0.127. The lowest BCUT2D eigenvalue weighted by Crippen LogP contribution is -2.63. The number of nitrogens with zero attached hydrogens (tertiary/aromatic N) is 4. The molecule has 1 aliphatic carbocycles. The van der Waals surface area contributed by atoms with Crippen molar-refractivity contribution in [2.75, 3.05) is 20.1 Å². The van der Waals surface area contributed by atoms with E-state index in [1.165, 1.54) is 12.0 Å². The number of likely N-dealkylation sites (tertiary alicyclic amines) is 1. The van der Waals surface area contributed by atoms with Crippen molar-refractivity contribution < 1.29 is 14.7 Å². The summed E-state index contributed by atoms with van der Waals surface area (Å²) in [6.45, 7) is 7.99. The number of aliphatic hydroxyl groups is 2. The van der Waals surface area contributed by atoms with Crippen LogP contribution in [0.1, 0.15) is 87.5 Å². The number of aliphatic hydroxyl groups excluding tert-OH is 1. The summed E-state index contributed by atoms with van der Waals surface area (Å²) in [6, 6.07) is 10.2. The molecular formula is C29H38N4O3. The lowest BCUT2D eigenvalue weighted by Gasteiger charge is -2.55. The van der Waals surface area contributed by atoms with E-state index in [0.717, 1.165) is 44.3 Å². The molecule has 3 aromatic rings. The summed E-state index contributed by atoms with van der Waals surface area (Å²) in [5.74, 6) is 1.21. The van der Waals surface area contributed by atoms with Crippen molar-refractivity contribution in [1.82, 2.24) is 20.0 Å². The van der Waals surface area contributed by atoms with Crippen LogP contribution in [0.4, 0.5) is 0 Å². The molecule has 1 saturated carbocycles. The topological polar surface area (TPSA) is 95.5 Å². The minimum Gasteiger partial charge on any atom is -0.383 e. The third-order valence-electron chi connectivity index (χ3n) is 8.31. The summed E-state index contributed by atoms with van der Waals surface area (Å²) >= 11 is 0. The second-order valence-corrected chi connectivity index (χ2v) is 11.5. The molecule has 1 aliphatic heterocycles. The van der Waals surface area contributed by atoms with Gasteiger partial charge in [-0.3, -0.25) is 4.98 Å². The Morgan fingerprint density at radius 1 is 1.06 bits per heavy atom. The van der Waals surface area contributed by atoms with Gasteiger partial charge in [0.15, 0.2) is 0 Å². The average molecular weight is 491 g/mol. The van der Waals surface area contributed by atoms with Crippen LogP contribution in [0.3, 0.4) is 0 Å². The van der Waals surface area contributed by atoms with Gasteiger partial charge in [-0.05, 0) is 48.9 Å². The zero-order valence-corrected chi connectivity index (χ0v) is 21.8. The van der Waals surface area contributed by atoms with Crippen LogP contribution in [-0.2, 0) is 5.60 Å². The van der Waals surface area contributed by atoms with Gasteiger partial charge in [0.1, 0.15) is 11.7 Å². The number of benzene rings is 1. The van der Waals surface area contributed by atoms with Gasteiger partial charge in [0, 0.05) is 42.0 Å². The predicted octanol–water partition coefficient (Wildman–Crippen LogP) is 5.06. The van der Waals surface area contributed by atoms with Gasteiger partial charge in [-0.15, -0.1) is 0 Å². The van der Waals surface area contributed by atoms with Crippen molar-refractivity contribution in [3.63, 3.8) is 0 Å². The first-order valence-corrected chi connectivity index (χ1v) is 13.2. The Balaban J connectivity index is 1.50. The summed E-state index contributed by atoms with van der Waals surface area (Å²) in [4.78, 5) is 11.2. The van der Waals surface area contributed by atoms with Gasteiger partial charge in [-0.25, -0.2) is 0 Å². The molecule has 0 bridgehead atoms. The monoisotopic (exact) mass is 490 g/mol. The zero-order valence-electron chi connectivity index (χ0n) is 21.8. The summed E-state index contributed by atoms with van der Waals surface area (Å²) in [5, 5.41) is 27.4. The van der Waals surface area contributed by atoms with Crippen LogP contribution in [0.25, 0.3) is 11.4 Å². The minimum absolute atomic E-state index is 0.158. The standard InChI is InChI=1S/C29H38N4O3/c1-19(2)20-10-12-23(13-11-20)29(35,28(3)17-33(4)18-28)24-14-22(15-30-16-24)26-31-27(36-32-26)25(34)21-8-6-5-7-9-21/h10-16,19,21,25,34-35H,5-9,17-18H2,1-4H3. The largest absolute Gasteiger partial charge is 0.383 e. The van der Waals surface area contributed by atoms with Crippen LogP contribution in [0, 0.1) is 11.3 Å². The highest BCUT2D eigenvalue weighted by atomic mass is 16.5. The van der Waals surface area contributed by atoms with E-state index in [9.17, 15) is 10.2 Å². The average Bonchev–Trinajstić information content (AvgIpc) is 3.38. The highest BCUT2D eigenvalue weighted by Crippen LogP contribution is 2.50. The van der Waals surface area contributed by atoms with Gasteiger partial charge in [0.25, 0.3) is 5.89 Å². The third-order valence-corrected chi connectivity index (χ3v) is 8.31. The lowest BCUT2D eigenvalue weighted by atomic mass is 9.62. The molecule has 3 heterocycles. The fraction of sp³-hybridized carbons (Fsp3) is 0.552. The number of hydrogen-bond donors (Lipinski definition) is 2. The molecule has 1 saturated heterocycles. The fourth-order valence-corrected chi connectivity index (χ4v) is 6.23. The second kappa shape index (κ2) is 9.69. The molecule has 0 amide bonds. The first-order chi connectivity index (χ1) is 17.2. The third kappa shape index (κ3) is 4.38. The van der Waals surface area contributed by atoms with E-state index in [2.05, 4.69) is 60.0 Å². The molecule has 2 atom stereocenters. The summed E-state index contributed by atoms with van der Waals surface area (Å²) in [6.07, 6.45) is 8.09. The number of rotatable bonds is 7. The smallest absolute Gasteiger partial charge is 0.256 e. The first-order valence-electron chi connectivity index (χ1n) is 13.2. The Morgan fingerprint density at radius 2 is 1.75 bits per heavy atom. The fourth-order valence-electron chi connectivity index (χ4n) is 6.23. The Labute approximate surface area is 213 Å². The molecule has 2 fully saturated rings. The van der Waals surface area contributed by atoms with Crippen LogP contribution in [-0.4, -0.2) is 50.4 Å². The molecule has 7 nitrogen and oxygen atoms in total. The van der Waals surface area contributed by atoms with Crippen LogP contribution >= 0.6 is 0 Å². The van der Waals surface area contributed by atoms with Gasteiger partial charge >= 0.3 is 0 Å². The molecule has 2 unspecified atom stereocenters. The van der Waals surface area contributed by atoms with Gasteiger partial charge in [-0.2, -0.15) is 4.98 Å². The van der Waals surface area contributed by atoms with Gasteiger partial charge in [0.2, 0.25) is 5.82 Å². The molecule has 0 spiro atoms. The molecule has 0 radical (unpaired) electrons. The highest BCUT2D eigenvalue weighted by Gasteiger charge is 2.55. The predicted molar refractivity (Wildman–Crippen MR) is 138 cm³/mol. The van der Waals surface area contributed by atoms with E-state index in [0.29, 0.717) is 22.9 Å². The summed E-state index contributed by atoms with van der Waals surface area (Å²) < 4.78 is 5.49. The maximum Gasteiger partial charge on any atom is 0.256 e. The quantitative estimate of drug-likeness (QED) is 0.478. The van der Waals surface area contributed by atoms with Gasteiger partial charge in [0.05, 0.1) is 0 Å². The highest BCUT2D eigenvalue weighted by molar-refractivity contribution is 5.56. The van der Waals surface area contributed by atoms with Gasteiger partial charge < -0.3 is 19.6 Å². The molecule has 7 heteroatoms. The second-order valence-electron chi connectivity index (χ2n) is 11.5. The minimum atomic E-state index is -1.24. The molecular weight excluding hydrogens is 452 g/mol. The van der Waals surface area contributed by atoms with E-state index in [-0.39, 0.29) is 17.2 Å². The molecule has 192 valence electrons. The molecule has 1 aromatic carbocycles. The van der Waals surface area contributed by atoms with E-state index in [4.69, 9.17) is 4.52 Å². The van der Waals surface area contributed by atoms with Crippen LogP contribution in [0.2, 0.25) is 0 Å².